The molecule has 0 saturated carbocycles. The standard InChI is InChI=1S/C20H20N2O6S/c1-12-16-5-3-4-6-17(16)28-19(12)20(24)27-11-18(23)22-13(2)14-7-9-15(10-8-14)29(21,25)26/h3-10,13H,11H2,1-2H3,(H,22,23)(H2,21,25,26)/t13-/m1/s1. The summed E-state index contributed by atoms with van der Waals surface area (Å²) in [5, 5.41) is 8.54. The first kappa shape index (κ1) is 20.6. The number of esters is 1. The normalized spacial score (nSPS) is 12.5. The zero-order valence-electron chi connectivity index (χ0n) is 15.8. The second-order valence-corrected chi connectivity index (χ2v) is 8.09. The van der Waals surface area contributed by atoms with Gasteiger partial charge in [-0.25, -0.2) is 18.4 Å². The van der Waals surface area contributed by atoms with Crippen LogP contribution in [0, 0.1) is 6.92 Å². The molecule has 3 N–H and O–H groups in total. The minimum absolute atomic E-state index is 0.0186. The summed E-state index contributed by atoms with van der Waals surface area (Å²) < 4.78 is 33.2. The van der Waals surface area contributed by atoms with Crippen LogP contribution in [0.15, 0.2) is 57.8 Å². The summed E-state index contributed by atoms with van der Waals surface area (Å²) in [6, 6.07) is 12.6. The first-order valence-electron chi connectivity index (χ1n) is 8.74. The van der Waals surface area contributed by atoms with Gasteiger partial charge in [0.25, 0.3) is 5.91 Å². The van der Waals surface area contributed by atoms with Crippen LogP contribution in [0.3, 0.4) is 0 Å². The molecule has 0 unspecified atom stereocenters. The highest BCUT2D eigenvalue weighted by molar-refractivity contribution is 7.89. The van der Waals surface area contributed by atoms with E-state index >= 15 is 0 Å². The molecule has 9 heteroatoms. The Balaban J connectivity index is 1.59. The van der Waals surface area contributed by atoms with E-state index in [1.54, 1.807) is 38.1 Å². The number of fused-ring (bicyclic) bond motifs is 1. The molecule has 1 aromatic heterocycles. The molecule has 29 heavy (non-hydrogen) atoms. The number of amides is 1. The number of hydrogen-bond donors (Lipinski definition) is 2. The molecule has 3 aromatic rings. The SMILES string of the molecule is Cc1c(C(=O)OCC(=O)N[C@H](C)c2ccc(S(N)(=O)=O)cc2)oc2ccccc12. The van der Waals surface area contributed by atoms with E-state index in [-0.39, 0.29) is 10.7 Å². The Morgan fingerprint density at radius 1 is 1.14 bits per heavy atom. The second-order valence-electron chi connectivity index (χ2n) is 6.53. The first-order valence-corrected chi connectivity index (χ1v) is 10.3. The molecule has 0 saturated heterocycles. The highest BCUT2D eigenvalue weighted by Crippen LogP contribution is 2.25. The monoisotopic (exact) mass is 416 g/mol. The van der Waals surface area contributed by atoms with Crippen LogP contribution in [0.5, 0.6) is 0 Å². The van der Waals surface area contributed by atoms with E-state index in [0.29, 0.717) is 16.7 Å². The highest BCUT2D eigenvalue weighted by atomic mass is 32.2. The molecule has 1 atom stereocenters. The number of nitrogens with one attached hydrogen (secondary N) is 1. The maximum absolute atomic E-state index is 12.3. The lowest BCUT2D eigenvalue weighted by atomic mass is 10.1. The Labute approximate surface area is 167 Å². The Morgan fingerprint density at radius 2 is 1.79 bits per heavy atom. The summed E-state index contributed by atoms with van der Waals surface area (Å²) in [6.07, 6.45) is 0. The minimum Gasteiger partial charge on any atom is -0.450 e. The predicted molar refractivity (Wildman–Crippen MR) is 106 cm³/mol. The number of carbonyl (C=O) groups excluding carboxylic acids is 2. The zero-order valence-corrected chi connectivity index (χ0v) is 16.7. The Morgan fingerprint density at radius 3 is 2.41 bits per heavy atom. The molecule has 0 spiro atoms. The van der Waals surface area contributed by atoms with E-state index in [9.17, 15) is 18.0 Å². The number of para-hydroxylation sites is 1. The summed E-state index contributed by atoms with van der Waals surface area (Å²) in [4.78, 5) is 24.4. The minimum atomic E-state index is -3.78. The van der Waals surface area contributed by atoms with Crippen LogP contribution in [0.25, 0.3) is 11.0 Å². The zero-order chi connectivity index (χ0) is 21.2. The molecule has 1 heterocycles. The largest absolute Gasteiger partial charge is 0.450 e. The Hall–Kier alpha value is -3.17. The van der Waals surface area contributed by atoms with Gasteiger partial charge >= 0.3 is 5.97 Å². The van der Waals surface area contributed by atoms with Gasteiger partial charge in [-0.2, -0.15) is 0 Å². The van der Waals surface area contributed by atoms with Crippen molar-refractivity contribution >= 4 is 32.9 Å². The van der Waals surface area contributed by atoms with Crippen molar-refractivity contribution in [1.82, 2.24) is 5.32 Å². The van der Waals surface area contributed by atoms with Crippen LogP contribution in [-0.4, -0.2) is 26.9 Å². The quantitative estimate of drug-likeness (QED) is 0.594. The van der Waals surface area contributed by atoms with E-state index in [0.717, 1.165) is 5.39 Å². The van der Waals surface area contributed by atoms with Gasteiger partial charge in [0.1, 0.15) is 5.58 Å². The number of primary sulfonamides is 1. The Kier molecular flexibility index (Phi) is 5.71. The molecule has 3 rings (SSSR count). The van der Waals surface area contributed by atoms with E-state index < -0.39 is 34.5 Å². The summed E-state index contributed by atoms with van der Waals surface area (Å²) in [5.41, 5.74) is 1.89. The fourth-order valence-electron chi connectivity index (χ4n) is 2.88. The average Bonchev–Trinajstić information content (AvgIpc) is 3.02. The van der Waals surface area contributed by atoms with E-state index in [4.69, 9.17) is 14.3 Å². The molecule has 0 bridgehead atoms. The summed E-state index contributed by atoms with van der Waals surface area (Å²) in [5.74, 6) is -1.17. The lowest BCUT2D eigenvalue weighted by Gasteiger charge is -2.14. The lowest BCUT2D eigenvalue weighted by Crippen LogP contribution is -2.31. The number of aryl methyl sites for hydroxylation is 1. The third-order valence-electron chi connectivity index (χ3n) is 4.45. The van der Waals surface area contributed by atoms with Crippen LogP contribution in [0.1, 0.15) is 34.6 Å². The van der Waals surface area contributed by atoms with Crippen molar-refractivity contribution in [2.75, 3.05) is 6.61 Å². The van der Waals surface area contributed by atoms with E-state index in [1.807, 2.05) is 12.1 Å². The van der Waals surface area contributed by atoms with Crippen molar-refractivity contribution in [3.8, 4) is 0 Å². The highest BCUT2D eigenvalue weighted by Gasteiger charge is 2.20. The third-order valence-corrected chi connectivity index (χ3v) is 5.38. The van der Waals surface area contributed by atoms with Crippen LogP contribution >= 0.6 is 0 Å². The van der Waals surface area contributed by atoms with E-state index in [2.05, 4.69) is 5.32 Å². The molecule has 152 valence electrons. The van der Waals surface area contributed by atoms with Crippen molar-refractivity contribution in [2.24, 2.45) is 5.14 Å². The lowest BCUT2D eigenvalue weighted by molar-refractivity contribution is -0.124. The maximum Gasteiger partial charge on any atom is 0.375 e. The fraction of sp³-hybridized carbons (Fsp3) is 0.200. The van der Waals surface area contributed by atoms with Crippen LogP contribution in [0.4, 0.5) is 0 Å². The number of benzene rings is 2. The molecule has 1 amide bonds. The number of rotatable bonds is 6. The van der Waals surface area contributed by atoms with Gasteiger partial charge in [0.05, 0.1) is 10.9 Å². The molecule has 2 aromatic carbocycles. The third kappa shape index (κ3) is 4.64. The smallest absolute Gasteiger partial charge is 0.375 e. The number of carbonyl (C=O) groups is 2. The van der Waals surface area contributed by atoms with Crippen molar-refractivity contribution < 1.29 is 27.2 Å². The maximum atomic E-state index is 12.3. The van der Waals surface area contributed by atoms with Crippen LogP contribution < -0.4 is 10.5 Å². The van der Waals surface area contributed by atoms with Crippen molar-refractivity contribution in [1.29, 1.82) is 0 Å². The van der Waals surface area contributed by atoms with Gasteiger partial charge in [0.2, 0.25) is 15.8 Å². The molecule has 0 aliphatic carbocycles. The van der Waals surface area contributed by atoms with Crippen LogP contribution in [0.2, 0.25) is 0 Å². The van der Waals surface area contributed by atoms with Gasteiger partial charge in [-0.05, 0) is 37.6 Å². The molecule has 0 fully saturated rings. The molecule has 0 aliphatic rings. The Bertz CT molecular complexity index is 1170. The molecular weight excluding hydrogens is 396 g/mol. The molecular formula is C20H20N2O6S. The number of ether oxygens (including phenoxy) is 1. The molecule has 8 nitrogen and oxygen atoms in total. The van der Waals surface area contributed by atoms with Gasteiger partial charge in [-0.3, -0.25) is 4.79 Å². The van der Waals surface area contributed by atoms with Gasteiger partial charge in [-0.1, -0.05) is 30.3 Å². The van der Waals surface area contributed by atoms with Crippen molar-refractivity contribution in [3.63, 3.8) is 0 Å². The van der Waals surface area contributed by atoms with Crippen molar-refractivity contribution in [2.45, 2.75) is 24.8 Å². The summed E-state index contributed by atoms with van der Waals surface area (Å²) in [6.45, 7) is 2.99. The fourth-order valence-corrected chi connectivity index (χ4v) is 3.39. The molecule has 0 aliphatic heterocycles. The van der Waals surface area contributed by atoms with Gasteiger partial charge in [0, 0.05) is 10.9 Å². The average molecular weight is 416 g/mol. The topological polar surface area (TPSA) is 129 Å². The second kappa shape index (κ2) is 8.06. The predicted octanol–water partition coefficient (Wildman–Crippen LogP) is 2.42. The van der Waals surface area contributed by atoms with Gasteiger partial charge in [0.15, 0.2) is 6.61 Å². The number of nitrogens with two attached hydrogens (primary N) is 1. The van der Waals surface area contributed by atoms with Gasteiger partial charge in [-0.15, -0.1) is 0 Å². The number of furan rings is 1. The van der Waals surface area contributed by atoms with Gasteiger partial charge < -0.3 is 14.5 Å². The molecule has 0 radical (unpaired) electrons. The summed E-state index contributed by atoms with van der Waals surface area (Å²) in [7, 11) is -3.78. The number of hydrogen-bond acceptors (Lipinski definition) is 6. The summed E-state index contributed by atoms with van der Waals surface area (Å²) >= 11 is 0. The first-order chi connectivity index (χ1) is 13.7. The number of sulfonamides is 1. The van der Waals surface area contributed by atoms with Crippen molar-refractivity contribution in [3.05, 3.63) is 65.4 Å². The van der Waals surface area contributed by atoms with Crippen LogP contribution in [-0.2, 0) is 19.6 Å². The van der Waals surface area contributed by atoms with E-state index in [1.165, 1.54) is 12.1 Å².